The van der Waals surface area contributed by atoms with Crippen LogP contribution in [0.4, 0.5) is 0 Å². The van der Waals surface area contributed by atoms with Gasteiger partial charge < -0.3 is 14.4 Å². The Morgan fingerprint density at radius 1 is 1.11 bits per heavy atom. The summed E-state index contributed by atoms with van der Waals surface area (Å²) in [4.78, 5) is 2.53. The average Bonchev–Trinajstić information content (AvgIpc) is 2.69. The second-order valence-electron chi connectivity index (χ2n) is 7.22. The van der Waals surface area contributed by atoms with E-state index in [-0.39, 0.29) is 17.5 Å². The van der Waals surface area contributed by atoms with Gasteiger partial charge >= 0.3 is 0 Å². The largest absolute Gasteiger partial charge is 0.496 e. The van der Waals surface area contributed by atoms with E-state index >= 15 is 0 Å². The molecule has 0 aromatic heterocycles. The molecule has 2 aromatic carbocycles. The molecule has 1 saturated heterocycles. The molecule has 28 heavy (non-hydrogen) atoms. The summed E-state index contributed by atoms with van der Waals surface area (Å²) in [6.45, 7) is 4.15. The van der Waals surface area contributed by atoms with Crippen LogP contribution in [0, 0.1) is 6.92 Å². The Morgan fingerprint density at radius 2 is 1.79 bits per heavy atom. The topological polar surface area (TPSA) is 67.9 Å². The zero-order chi connectivity index (χ0) is 20.1. The minimum absolute atomic E-state index is 0.224. The normalized spacial score (nSPS) is 16.1. The predicted molar refractivity (Wildman–Crippen MR) is 109 cm³/mol. The molecule has 152 valence electrons. The van der Waals surface area contributed by atoms with Crippen molar-refractivity contribution in [1.82, 2.24) is 9.62 Å². The highest BCUT2D eigenvalue weighted by atomic mass is 32.2. The number of hydrogen-bond acceptors (Lipinski definition) is 5. The summed E-state index contributed by atoms with van der Waals surface area (Å²) in [5.74, 6) is 1.49. The molecular weight excluding hydrogens is 376 g/mol. The van der Waals surface area contributed by atoms with Gasteiger partial charge in [0, 0.05) is 19.6 Å². The number of nitrogens with zero attached hydrogens (tertiary/aromatic N) is 1. The van der Waals surface area contributed by atoms with Gasteiger partial charge in [0.2, 0.25) is 10.0 Å². The van der Waals surface area contributed by atoms with Gasteiger partial charge in [-0.05, 0) is 68.3 Å². The smallest absolute Gasteiger partial charge is 0.240 e. The SMILES string of the molecule is COc1ccc(S(=O)(=O)NCc2ccc(OC3CCN(C)CC3)cc2)cc1C. The third-order valence-electron chi connectivity index (χ3n) is 5.03. The van der Waals surface area contributed by atoms with Gasteiger partial charge in [-0.3, -0.25) is 0 Å². The van der Waals surface area contributed by atoms with Crippen LogP contribution in [0.3, 0.4) is 0 Å². The highest BCUT2D eigenvalue weighted by Gasteiger charge is 2.18. The van der Waals surface area contributed by atoms with Crippen LogP contribution >= 0.6 is 0 Å². The fourth-order valence-corrected chi connectivity index (χ4v) is 4.36. The van der Waals surface area contributed by atoms with Gasteiger partial charge in [-0.15, -0.1) is 0 Å². The predicted octanol–water partition coefficient (Wildman–Crippen LogP) is 2.96. The molecule has 1 aliphatic rings. The maximum atomic E-state index is 12.5. The van der Waals surface area contributed by atoms with Crippen molar-refractivity contribution in [2.45, 2.75) is 37.3 Å². The molecule has 0 atom stereocenters. The van der Waals surface area contributed by atoms with Crippen molar-refractivity contribution in [1.29, 1.82) is 0 Å². The van der Waals surface area contributed by atoms with Gasteiger partial charge in [-0.1, -0.05) is 12.1 Å². The van der Waals surface area contributed by atoms with Crippen LogP contribution in [-0.2, 0) is 16.6 Å². The summed E-state index contributed by atoms with van der Waals surface area (Å²) >= 11 is 0. The molecule has 6 nitrogen and oxygen atoms in total. The third-order valence-corrected chi connectivity index (χ3v) is 6.43. The van der Waals surface area contributed by atoms with Crippen LogP contribution in [-0.4, -0.2) is 46.7 Å². The van der Waals surface area contributed by atoms with Crippen molar-refractivity contribution >= 4 is 10.0 Å². The summed E-state index contributed by atoms with van der Waals surface area (Å²) in [5, 5.41) is 0. The summed E-state index contributed by atoms with van der Waals surface area (Å²) in [6, 6.07) is 12.4. The van der Waals surface area contributed by atoms with E-state index in [2.05, 4.69) is 16.7 Å². The van der Waals surface area contributed by atoms with Crippen LogP contribution < -0.4 is 14.2 Å². The molecule has 0 spiro atoms. The zero-order valence-electron chi connectivity index (χ0n) is 16.6. The van der Waals surface area contributed by atoms with Crippen LogP contribution in [0.1, 0.15) is 24.0 Å². The minimum atomic E-state index is -3.59. The average molecular weight is 405 g/mol. The van der Waals surface area contributed by atoms with Crippen molar-refractivity contribution in [3.8, 4) is 11.5 Å². The standard InChI is InChI=1S/C21H28N2O4S/c1-16-14-20(8-9-21(16)26-3)28(24,25)22-15-17-4-6-18(7-5-17)27-19-10-12-23(2)13-11-19/h4-9,14,19,22H,10-13,15H2,1-3H3. The van der Waals surface area contributed by atoms with E-state index in [4.69, 9.17) is 9.47 Å². The van der Waals surface area contributed by atoms with Crippen molar-refractivity contribution < 1.29 is 17.9 Å². The molecule has 1 N–H and O–H groups in total. The van der Waals surface area contributed by atoms with E-state index in [0.717, 1.165) is 42.8 Å². The van der Waals surface area contributed by atoms with E-state index in [0.29, 0.717) is 5.75 Å². The van der Waals surface area contributed by atoms with Crippen LogP contribution in [0.15, 0.2) is 47.4 Å². The van der Waals surface area contributed by atoms with Gasteiger partial charge in [-0.25, -0.2) is 13.1 Å². The van der Waals surface area contributed by atoms with E-state index in [1.54, 1.807) is 25.3 Å². The molecule has 0 aliphatic carbocycles. The van der Waals surface area contributed by atoms with E-state index < -0.39 is 10.0 Å². The fourth-order valence-electron chi connectivity index (χ4n) is 3.26. The first kappa shape index (κ1) is 20.6. The van der Waals surface area contributed by atoms with Crippen LogP contribution in [0.5, 0.6) is 11.5 Å². The Labute approximate surface area is 167 Å². The van der Waals surface area contributed by atoms with Crippen LogP contribution in [0.25, 0.3) is 0 Å². The lowest BCUT2D eigenvalue weighted by molar-refractivity contribution is 0.114. The Hall–Kier alpha value is -2.09. The monoisotopic (exact) mass is 404 g/mol. The Morgan fingerprint density at radius 3 is 2.39 bits per heavy atom. The molecular formula is C21H28N2O4S. The Bertz CT molecular complexity index is 889. The third kappa shape index (κ3) is 5.25. The molecule has 0 saturated carbocycles. The maximum absolute atomic E-state index is 12.5. The number of sulfonamides is 1. The van der Waals surface area contributed by atoms with Crippen molar-refractivity contribution in [2.24, 2.45) is 0 Å². The van der Waals surface area contributed by atoms with Crippen LogP contribution in [0.2, 0.25) is 0 Å². The van der Waals surface area contributed by atoms with Crippen molar-refractivity contribution in [3.63, 3.8) is 0 Å². The molecule has 0 bridgehead atoms. The van der Waals surface area contributed by atoms with Gasteiger partial charge in [0.05, 0.1) is 12.0 Å². The maximum Gasteiger partial charge on any atom is 0.240 e. The number of rotatable bonds is 7. The lowest BCUT2D eigenvalue weighted by atomic mass is 10.1. The molecule has 0 radical (unpaired) electrons. The molecule has 1 heterocycles. The number of piperidine rings is 1. The zero-order valence-corrected chi connectivity index (χ0v) is 17.5. The van der Waals surface area contributed by atoms with Gasteiger partial charge in [0.1, 0.15) is 17.6 Å². The molecule has 3 rings (SSSR count). The fraction of sp³-hybridized carbons (Fsp3) is 0.429. The molecule has 7 heteroatoms. The van der Waals surface area contributed by atoms with E-state index in [1.165, 1.54) is 0 Å². The Balaban J connectivity index is 1.57. The van der Waals surface area contributed by atoms with Crippen molar-refractivity contribution in [2.75, 3.05) is 27.2 Å². The van der Waals surface area contributed by atoms with Crippen molar-refractivity contribution in [3.05, 3.63) is 53.6 Å². The number of nitrogens with one attached hydrogen (secondary N) is 1. The summed E-state index contributed by atoms with van der Waals surface area (Å²) in [6.07, 6.45) is 2.30. The lowest BCUT2D eigenvalue weighted by Gasteiger charge is -2.29. The second-order valence-corrected chi connectivity index (χ2v) is 8.99. The number of aryl methyl sites for hydroxylation is 1. The second kappa shape index (κ2) is 8.94. The first-order valence-electron chi connectivity index (χ1n) is 9.46. The molecule has 0 amide bonds. The van der Waals surface area contributed by atoms with E-state index in [1.807, 2.05) is 31.2 Å². The van der Waals surface area contributed by atoms with Gasteiger partial charge in [0.25, 0.3) is 0 Å². The summed E-state index contributed by atoms with van der Waals surface area (Å²) in [5.41, 5.74) is 1.66. The first-order chi connectivity index (χ1) is 13.4. The number of methoxy groups -OCH3 is 1. The summed E-state index contributed by atoms with van der Waals surface area (Å²) in [7, 11) is 0.103. The lowest BCUT2D eigenvalue weighted by Crippen LogP contribution is -2.35. The molecule has 0 unspecified atom stereocenters. The molecule has 2 aromatic rings. The van der Waals surface area contributed by atoms with Gasteiger partial charge in [0.15, 0.2) is 0 Å². The molecule has 1 aliphatic heterocycles. The first-order valence-corrected chi connectivity index (χ1v) is 10.9. The number of ether oxygens (including phenoxy) is 2. The highest BCUT2D eigenvalue weighted by Crippen LogP contribution is 2.22. The van der Waals surface area contributed by atoms with E-state index in [9.17, 15) is 8.42 Å². The quantitative estimate of drug-likeness (QED) is 0.768. The minimum Gasteiger partial charge on any atom is -0.496 e. The number of likely N-dealkylation sites (tertiary alicyclic amines) is 1. The molecule has 1 fully saturated rings. The number of benzene rings is 2. The highest BCUT2D eigenvalue weighted by molar-refractivity contribution is 7.89. The number of hydrogen-bond donors (Lipinski definition) is 1. The van der Waals surface area contributed by atoms with Gasteiger partial charge in [-0.2, -0.15) is 0 Å². The summed E-state index contributed by atoms with van der Waals surface area (Å²) < 4.78 is 38.9. The Kier molecular flexibility index (Phi) is 6.59.